The van der Waals surface area contributed by atoms with Gasteiger partial charge in [-0.15, -0.1) is 0 Å². The second-order valence-electron chi connectivity index (χ2n) is 7.58. The summed E-state index contributed by atoms with van der Waals surface area (Å²) in [7, 11) is 0. The fourth-order valence-electron chi connectivity index (χ4n) is 3.89. The average molecular weight is 417 g/mol. The number of benzene rings is 2. The molecule has 1 aromatic heterocycles. The van der Waals surface area contributed by atoms with Crippen molar-refractivity contribution in [3.8, 4) is 5.75 Å². The Morgan fingerprint density at radius 1 is 0.968 bits per heavy atom. The van der Waals surface area contributed by atoms with Gasteiger partial charge < -0.3 is 9.30 Å². The molecule has 0 atom stereocenters. The number of urea groups is 1. The number of amides is 4. The summed E-state index contributed by atoms with van der Waals surface area (Å²) in [5.74, 6) is -0.561. The van der Waals surface area contributed by atoms with Crippen LogP contribution >= 0.6 is 0 Å². The molecule has 0 bridgehead atoms. The van der Waals surface area contributed by atoms with Gasteiger partial charge in [0.05, 0.1) is 6.54 Å². The molecule has 1 aliphatic heterocycles. The normalized spacial score (nSPS) is 13.9. The summed E-state index contributed by atoms with van der Waals surface area (Å²) in [4.78, 5) is 35.7. The van der Waals surface area contributed by atoms with E-state index in [0.717, 1.165) is 33.5 Å². The highest BCUT2D eigenvalue weighted by atomic mass is 16.5. The van der Waals surface area contributed by atoms with Crippen molar-refractivity contribution in [2.75, 3.05) is 6.61 Å². The number of barbiturate groups is 1. The highest BCUT2D eigenvalue weighted by Gasteiger charge is 2.28. The van der Waals surface area contributed by atoms with Crippen LogP contribution in [0, 0.1) is 20.8 Å². The number of imide groups is 2. The Bertz CT molecular complexity index is 1230. The maximum absolute atomic E-state index is 12.2. The van der Waals surface area contributed by atoms with Gasteiger partial charge >= 0.3 is 6.03 Å². The van der Waals surface area contributed by atoms with Crippen LogP contribution in [0.2, 0.25) is 0 Å². The van der Waals surface area contributed by atoms with E-state index in [4.69, 9.17) is 4.74 Å². The minimum atomic E-state index is -0.810. The van der Waals surface area contributed by atoms with Crippen LogP contribution in [0.3, 0.4) is 0 Å². The number of para-hydroxylation sites is 1. The van der Waals surface area contributed by atoms with Crippen LogP contribution in [0.1, 0.15) is 22.4 Å². The topological polar surface area (TPSA) is 89.4 Å². The molecule has 0 radical (unpaired) electrons. The first-order valence-electron chi connectivity index (χ1n) is 10.0. The summed E-state index contributed by atoms with van der Waals surface area (Å²) < 4.78 is 8.11. The Hall–Kier alpha value is -3.87. The van der Waals surface area contributed by atoms with Gasteiger partial charge in [0.1, 0.15) is 17.9 Å². The van der Waals surface area contributed by atoms with Gasteiger partial charge in [-0.3, -0.25) is 20.2 Å². The van der Waals surface area contributed by atoms with Gasteiger partial charge in [0.2, 0.25) is 0 Å². The third-order valence-electron chi connectivity index (χ3n) is 5.41. The number of aromatic nitrogens is 1. The smallest absolute Gasteiger partial charge is 0.328 e. The van der Waals surface area contributed by atoms with E-state index in [2.05, 4.69) is 21.3 Å². The van der Waals surface area contributed by atoms with Gasteiger partial charge in [-0.1, -0.05) is 35.9 Å². The number of hydrogen-bond donors (Lipinski definition) is 2. The third kappa shape index (κ3) is 3.94. The highest BCUT2D eigenvalue weighted by molar-refractivity contribution is 6.31. The molecule has 1 saturated heterocycles. The Kier molecular flexibility index (Phi) is 5.33. The summed E-state index contributed by atoms with van der Waals surface area (Å²) in [5, 5.41) is 5.14. The molecule has 0 spiro atoms. The van der Waals surface area contributed by atoms with E-state index in [1.165, 1.54) is 11.6 Å². The molecule has 0 aliphatic carbocycles. The summed E-state index contributed by atoms with van der Waals surface area (Å²) in [6, 6.07) is 13.1. The van der Waals surface area contributed by atoms with Gasteiger partial charge in [0, 0.05) is 22.2 Å². The zero-order chi connectivity index (χ0) is 22.1. The molecule has 158 valence electrons. The summed E-state index contributed by atoms with van der Waals surface area (Å²) >= 11 is 0. The number of carbonyl (C=O) groups excluding carboxylic acids is 3. The van der Waals surface area contributed by atoms with E-state index in [9.17, 15) is 14.4 Å². The number of ether oxygens (including phenoxy) is 1. The molecule has 3 aromatic rings. The molecule has 0 unspecified atom stereocenters. The van der Waals surface area contributed by atoms with Crippen molar-refractivity contribution in [1.29, 1.82) is 0 Å². The molecule has 0 saturated carbocycles. The molecule has 7 heteroatoms. The van der Waals surface area contributed by atoms with Crippen molar-refractivity contribution in [2.45, 2.75) is 27.3 Å². The van der Waals surface area contributed by atoms with Gasteiger partial charge in [0.25, 0.3) is 11.8 Å². The van der Waals surface area contributed by atoms with E-state index < -0.39 is 17.8 Å². The summed E-state index contributed by atoms with van der Waals surface area (Å²) in [6.07, 6.45) is 1.54. The average Bonchev–Trinajstić information content (AvgIpc) is 2.97. The molecule has 2 aromatic carbocycles. The minimum absolute atomic E-state index is 0.0999. The first-order chi connectivity index (χ1) is 14.8. The molecule has 2 heterocycles. The van der Waals surface area contributed by atoms with Gasteiger partial charge in [-0.25, -0.2) is 4.79 Å². The van der Waals surface area contributed by atoms with Crippen LogP contribution in [0.4, 0.5) is 4.79 Å². The zero-order valence-corrected chi connectivity index (χ0v) is 17.6. The van der Waals surface area contributed by atoms with Crippen molar-refractivity contribution in [3.63, 3.8) is 0 Å². The highest BCUT2D eigenvalue weighted by Crippen LogP contribution is 2.28. The van der Waals surface area contributed by atoms with Crippen LogP contribution in [0.15, 0.2) is 48.0 Å². The zero-order valence-electron chi connectivity index (χ0n) is 17.6. The molecule has 4 amide bonds. The van der Waals surface area contributed by atoms with Gasteiger partial charge in [-0.05, 0) is 44.5 Å². The SMILES string of the molecule is Cc1ccc(OCCn2c(C)c(C=C3C(=O)NC(=O)NC3=O)c3ccccc32)c(C)c1. The number of carbonyl (C=O) groups is 3. The Labute approximate surface area is 179 Å². The predicted molar refractivity (Wildman–Crippen MR) is 118 cm³/mol. The van der Waals surface area contributed by atoms with Crippen LogP contribution in [-0.2, 0) is 16.1 Å². The second kappa shape index (κ2) is 8.10. The molecule has 1 aliphatic rings. The van der Waals surface area contributed by atoms with E-state index in [0.29, 0.717) is 13.2 Å². The fourth-order valence-corrected chi connectivity index (χ4v) is 3.89. The molecule has 2 N–H and O–H groups in total. The van der Waals surface area contributed by atoms with Crippen LogP contribution in [0.25, 0.3) is 17.0 Å². The Morgan fingerprint density at radius 2 is 1.68 bits per heavy atom. The molecule has 7 nitrogen and oxygen atoms in total. The number of nitrogens with one attached hydrogen (secondary N) is 2. The number of rotatable bonds is 5. The summed E-state index contributed by atoms with van der Waals surface area (Å²) in [6.45, 7) is 7.07. The summed E-state index contributed by atoms with van der Waals surface area (Å²) in [5.41, 5.74) is 4.81. The Balaban J connectivity index is 1.65. The van der Waals surface area contributed by atoms with Crippen molar-refractivity contribution in [3.05, 3.63) is 70.4 Å². The van der Waals surface area contributed by atoms with E-state index in [-0.39, 0.29) is 5.57 Å². The van der Waals surface area contributed by atoms with Crippen LogP contribution in [0.5, 0.6) is 5.75 Å². The molecule has 1 fully saturated rings. The molecular formula is C24H23N3O4. The number of aryl methyl sites for hydroxylation is 2. The number of hydrogen-bond acceptors (Lipinski definition) is 4. The van der Waals surface area contributed by atoms with Crippen molar-refractivity contribution in [1.82, 2.24) is 15.2 Å². The van der Waals surface area contributed by atoms with Crippen LogP contribution in [-0.4, -0.2) is 29.0 Å². The first-order valence-corrected chi connectivity index (χ1v) is 10.0. The van der Waals surface area contributed by atoms with E-state index in [1.807, 2.05) is 57.2 Å². The number of nitrogens with zero attached hydrogens (tertiary/aromatic N) is 1. The van der Waals surface area contributed by atoms with Gasteiger partial charge in [-0.2, -0.15) is 0 Å². The molecular weight excluding hydrogens is 394 g/mol. The fraction of sp³-hybridized carbons (Fsp3) is 0.208. The predicted octanol–water partition coefficient (Wildman–Crippen LogP) is 3.39. The quantitative estimate of drug-likeness (QED) is 0.492. The van der Waals surface area contributed by atoms with Crippen LogP contribution < -0.4 is 15.4 Å². The minimum Gasteiger partial charge on any atom is -0.491 e. The van der Waals surface area contributed by atoms with Crippen molar-refractivity contribution in [2.24, 2.45) is 0 Å². The van der Waals surface area contributed by atoms with Crippen molar-refractivity contribution >= 4 is 34.8 Å². The number of fused-ring (bicyclic) bond motifs is 1. The lowest BCUT2D eigenvalue weighted by Gasteiger charge is -2.14. The van der Waals surface area contributed by atoms with E-state index >= 15 is 0 Å². The lowest BCUT2D eigenvalue weighted by Crippen LogP contribution is -2.51. The lowest BCUT2D eigenvalue weighted by molar-refractivity contribution is -0.123. The first kappa shape index (κ1) is 20.4. The van der Waals surface area contributed by atoms with Gasteiger partial charge in [0.15, 0.2) is 0 Å². The second-order valence-corrected chi connectivity index (χ2v) is 7.58. The maximum atomic E-state index is 12.2. The Morgan fingerprint density at radius 3 is 2.39 bits per heavy atom. The third-order valence-corrected chi connectivity index (χ3v) is 5.41. The largest absolute Gasteiger partial charge is 0.491 e. The molecule has 4 rings (SSSR count). The maximum Gasteiger partial charge on any atom is 0.328 e. The van der Waals surface area contributed by atoms with Crippen molar-refractivity contribution < 1.29 is 19.1 Å². The monoisotopic (exact) mass is 417 g/mol. The molecule has 31 heavy (non-hydrogen) atoms. The standard InChI is InChI=1S/C24H23N3O4/c1-14-8-9-21(15(2)12-14)31-11-10-27-16(3)18(17-6-4-5-7-20(17)27)13-19-22(28)25-24(30)26-23(19)29/h4-9,12-13H,10-11H2,1-3H3,(H2,25,26,28,29,30). The van der Waals surface area contributed by atoms with E-state index in [1.54, 1.807) is 0 Å². The lowest BCUT2D eigenvalue weighted by atomic mass is 10.1.